The van der Waals surface area contributed by atoms with E-state index in [2.05, 4.69) is 9.97 Å². The average molecular weight is 435 g/mol. The molecule has 0 saturated carbocycles. The van der Waals surface area contributed by atoms with Crippen LogP contribution in [0.5, 0.6) is 0 Å². The van der Waals surface area contributed by atoms with Gasteiger partial charge >= 0.3 is 12.4 Å². The molecule has 1 fully saturated rings. The lowest BCUT2D eigenvalue weighted by atomic mass is 9.90. The fraction of sp³-hybridized carbons (Fsp3) is 0.474. The number of alkyl halides is 6. The van der Waals surface area contributed by atoms with E-state index in [9.17, 15) is 26.3 Å². The molecule has 0 bridgehead atoms. The Labute approximate surface area is 168 Å². The highest BCUT2D eigenvalue weighted by Crippen LogP contribution is 2.43. The standard InChI is InChI=1S/C19H19F6N3S/c1-17(2)8-3-4-10-28(17)13-6-5-12(18(20,21)22)11-14(13)29-16-26-9-7-15(27-16)19(23,24)25/h5-7,9,11H,3-4,8,10H2,1-2H3. The second-order valence-corrected chi connectivity index (χ2v) is 8.43. The average Bonchev–Trinajstić information content (AvgIpc) is 2.60. The van der Waals surface area contributed by atoms with Crippen LogP contribution in [-0.2, 0) is 12.4 Å². The first kappa shape index (κ1) is 21.7. The quantitative estimate of drug-likeness (QED) is 0.410. The molecule has 0 spiro atoms. The molecule has 1 saturated heterocycles. The molecule has 1 aromatic carbocycles. The Bertz CT molecular complexity index is 879. The molecule has 0 unspecified atom stereocenters. The first-order valence-electron chi connectivity index (χ1n) is 8.95. The molecule has 0 radical (unpaired) electrons. The van der Waals surface area contributed by atoms with Crippen LogP contribution in [-0.4, -0.2) is 22.1 Å². The first-order chi connectivity index (χ1) is 13.4. The molecular weight excluding hydrogens is 416 g/mol. The summed E-state index contributed by atoms with van der Waals surface area (Å²) in [5, 5.41) is -0.254. The summed E-state index contributed by atoms with van der Waals surface area (Å²) in [5.41, 5.74) is -1.76. The van der Waals surface area contributed by atoms with Crippen molar-refractivity contribution >= 4 is 17.4 Å². The lowest BCUT2D eigenvalue weighted by Crippen LogP contribution is -2.47. The number of halogens is 6. The van der Waals surface area contributed by atoms with E-state index in [0.717, 1.165) is 43.7 Å². The van der Waals surface area contributed by atoms with E-state index >= 15 is 0 Å². The van der Waals surface area contributed by atoms with Crippen LogP contribution >= 0.6 is 11.8 Å². The van der Waals surface area contributed by atoms with Crippen LogP contribution < -0.4 is 4.90 Å². The van der Waals surface area contributed by atoms with Crippen molar-refractivity contribution in [2.75, 3.05) is 11.4 Å². The van der Waals surface area contributed by atoms with Crippen LogP contribution in [0.4, 0.5) is 32.0 Å². The molecular formula is C19H19F6N3S. The highest BCUT2D eigenvalue weighted by atomic mass is 32.2. The van der Waals surface area contributed by atoms with E-state index < -0.39 is 23.6 Å². The van der Waals surface area contributed by atoms with Gasteiger partial charge in [0.05, 0.1) is 11.3 Å². The van der Waals surface area contributed by atoms with Crippen LogP contribution in [0.25, 0.3) is 0 Å². The van der Waals surface area contributed by atoms with Gasteiger partial charge < -0.3 is 4.90 Å². The zero-order chi connectivity index (χ0) is 21.4. The fourth-order valence-electron chi connectivity index (χ4n) is 3.35. The molecule has 1 aliphatic heterocycles. The molecule has 0 amide bonds. The monoisotopic (exact) mass is 435 g/mol. The molecule has 29 heavy (non-hydrogen) atoms. The van der Waals surface area contributed by atoms with Gasteiger partial charge in [0.15, 0.2) is 5.16 Å². The Hall–Kier alpha value is -1.97. The number of rotatable bonds is 3. The molecule has 158 valence electrons. The summed E-state index contributed by atoms with van der Waals surface area (Å²) in [5.74, 6) is 0. The summed E-state index contributed by atoms with van der Waals surface area (Å²) < 4.78 is 78.6. The molecule has 3 nitrogen and oxygen atoms in total. The maximum Gasteiger partial charge on any atom is 0.433 e. The van der Waals surface area contributed by atoms with Crippen molar-refractivity contribution < 1.29 is 26.3 Å². The van der Waals surface area contributed by atoms with Crippen molar-refractivity contribution in [2.45, 2.75) is 61.1 Å². The summed E-state index contributed by atoms with van der Waals surface area (Å²) in [7, 11) is 0. The van der Waals surface area contributed by atoms with E-state index in [1.54, 1.807) is 0 Å². The topological polar surface area (TPSA) is 29.0 Å². The van der Waals surface area contributed by atoms with Gasteiger partial charge in [-0.2, -0.15) is 26.3 Å². The van der Waals surface area contributed by atoms with Gasteiger partial charge in [-0.25, -0.2) is 9.97 Å². The highest BCUT2D eigenvalue weighted by Gasteiger charge is 2.36. The third-order valence-electron chi connectivity index (χ3n) is 4.85. The number of nitrogens with zero attached hydrogens (tertiary/aromatic N) is 3. The Morgan fingerprint density at radius 2 is 1.72 bits per heavy atom. The predicted octanol–water partition coefficient (Wildman–Crippen LogP) is 6.43. The molecule has 10 heteroatoms. The minimum Gasteiger partial charge on any atom is -0.365 e. The summed E-state index contributed by atoms with van der Waals surface area (Å²) >= 11 is 0.705. The molecule has 0 N–H and O–H groups in total. The largest absolute Gasteiger partial charge is 0.433 e. The van der Waals surface area contributed by atoms with Crippen LogP contribution in [0.1, 0.15) is 44.4 Å². The molecule has 2 aromatic rings. The molecule has 0 aliphatic carbocycles. The number of aromatic nitrogens is 2. The van der Waals surface area contributed by atoms with Crippen LogP contribution in [0.15, 0.2) is 40.5 Å². The smallest absolute Gasteiger partial charge is 0.365 e. The van der Waals surface area contributed by atoms with Gasteiger partial charge in [0, 0.05) is 23.2 Å². The minimum atomic E-state index is -4.66. The van der Waals surface area contributed by atoms with Crippen molar-refractivity contribution in [1.82, 2.24) is 9.97 Å². The summed E-state index contributed by atoms with van der Waals surface area (Å²) in [6, 6.07) is 4.06. The van der Waals surface area contributed by atoms with Crippen molar-refractivity contribution in [3.05, 3.63) is 41.7 Å². The van der Waals surface area contributed by atoms with Crippen molar-refractivity contribution in [2.24, 2.45) is 0 Å². The summed E-state index contributed by atoms with van der Waals surface area (Å²) in [6.45, 7) is 4.65. The van der Waals surface area contributed by atoms with Gasteiger partial charge in [0.25, 0.3) is 0 Å². The zero-order valence-corrected chi connectivity index (χ0v) is 16.5. The Morgan fingerprint density at radius 3 is 2.34 bits per heavy atom. The van der Waals surface area contributed by atoms with E-state index in [1.165, 1.54) is 6.07 Å². The van der Waals surface area contributed by atoms with Gasteiger partial charge in [0.1, 0.15) is 5.69 Å². The maximum absolute atomic E-state index is 13.3. The van der Waals surface area contributed by atoms with Crippen LogP contribution in [0, 0.1) is 0 Å². The number of hydrogen-bond acceptors (Lipinski definition) is 4. The maximum atomic E-state index is 13.3. The third kappa shape index (κ3) is 4.96. The predicted molar refractivity (Wildman–Crippen MR) is 97.9 cm³/mol. The van der Waals surface area contributed by atoms with E-state index in [-0.39, 0.29) is 15.6 Å². The van der Waals surface area contributed by atoms with Crippen molar-refractivity contribution in [1.29, 1.82) is 0 Å². The molecule has 3 rings (SSSR count). The molecule has 1 aliphatic rings. The van der Waals surface area contributed by atoms with E-state index in [1.807, 2.05) is 18.7 Å². The molecule has 1 aromatic heterocycles. The Morgan fingerprint density at radius 1 is 1.00 bits per heavy atom. The Kier molecular flexibility index (Phi) is 5.77. The van der Waals surface area contributed by atoms with Gasteiger partial charge in [-0.3, -0.25) is 0 Å². The Balaban J connectivity index is 2.05. The summed E-state index contributed by atoms with van der Waals surface area (Å²) in [6.07, 6.45) is -5.53. The molecule has 2 heterocycles. The SMILES string of the molecule is CC1(C)CCCCN1c1ccc(C(F)(F)F)cc1Sc1nccc(C(F)(F)F)n1. The van der Waals surface area contributed by atoms with E-state index in [4.69, 9.17) is 0 Å². The number of piperidine rings is 1. The van der Waals surface area contributed by atoms with E-state index in [0.29, 0.717) is 24.0 Å². The first-order valence-corrected chi connectivity index (χ1v) is 9.76. The van der Waals surface area contributed by atoms with Gasteiger partial charge in [0.2, 0.25) is 0 Å². The number of anilines is 1. The van der Waals surface area contributed by atoms with Gasteiger partial charge in [-0.15, -0.1) is 0 Å². The third-order valence-corrected chi connectivity index (χ3v) is 5.78. The van der Waals surface area contributed by atoms with Gasteiger partial charge in [-0.1, -0.05) is 0 Å². The minimum absolute atomic E-state index is 0.175. The summed E-state index contributed by atoms with van der Waals surface area (Å²) in [4.78, 5) is 9.48. The number of hydrogen-bond donors (Lipinski definition) is 0. The molecule has 0 atom stereocenters. The lowest BCUT2D eigenvalue weighted by Gasteiger charge is -2.45. The lowest BCUT2D eigenvalue weighted by molar-refractivity contribution is -0.141. The van der Waals surface area contributed by atoms with Gasteiger partial charge in [-0.05, 0) is 69.1 Å². The van der Waals surface area contributed by atoms with Crippen LogP contribution in [0.2, 0.25) is 0 Å². The highest BCUT2D eigenvalue weighted by molar-refractivity contribution is 7.99. The second kappa shape index (κ2) is 7.70. The van der Waals surface area contributed by atoms with Crippen LogP contribution in [0.3, 0.4) is 0 Å². The number of benzene rings is 1. The second-order valence-electron chi connectivity index (χ2n) is 7.43. The van der Waals surface area contributed by atoms with Crippen molar-refractivity contribution in [3.63, 3.8) is 0 Å². The zero-order valence-electron chi connectivity index (χ0n) is 15.7. The fourth-order valence-corrected chi connectivity index (χ4v) is 4.28. The normalized spacial score (nSPS) is 17.4. The van der Waals surface area contributed by atoms with Crippen molar-refractivity contribution in [3.8, 4) is 0 Å².